The monoisotopic (exact) mass is 466 g/mol. The zero-order chi connectivity index (χ0) is 24.8. The molecule has 2 aromatic rings. The van der Waals surface area contributed by atoms with Gasteiger partial charge in [0.1, 0.15) is 41.2 Å². The highest BCUT2D eigenvalue weighted by molar-refractivity contribution is 6.11. The largest absolute Gasteiger partial charge is 0.507 e. The molecule has 5 atom stereocenters. The van der Waals surface area contributed by atoms with Gasteiger partial charge in [0.25, 0.3) is 0 Å². The van der Waals surface area contributed by atoms with E-state index in [1.54, 1.807) is 0 Å². The molecule has 33 heavy (non-hydrogen) atoms. The molecule has 11 nitrogen and oxygen atoms in total. The van der Waals surface area contributed by atoms with E-state index in [1.807, 2.05) is 0 Å². The quantitative estimate of drug-likeness (QED) is 0.230. The van der Waals surface area contributed by atoms with Gasteiger partial charge in [0.2, 0.25) is 6.29 Å². The van der Waals surface area contributed by atoms with Crippen molar-refractivity contribution in [2.45, 2.75) is 57.4 Å². The van der Waals surface area contributed by atoms with E-state index in [1.165, 1.54) is 20.8 Å². The van der Waals surface area contributed by atoms with E-state index in [9.17, 15) is 45.3 Å². The maximum Gasteiger partial charge on any atom is 0.335 e. The molecule has 0 bridgehead atoms. The molecule has 2 aromatic carbocycles. The second-order valence-corrected chi connectivity index (χ2v) is 8.03. The molecule has 0 radical (unpaired) electrons. The van der Waals surface area contributed by atoms with Gasteiger partial charge in [-0.25, -0.2) is 4.79 Å². The molecule has 3 rings (SSSR count). The van der Waals surface area contributed by atoms with Gasteiger partial charge in [-0.15, -0.1) is 0 Å². The number of aliphatic hydroxyl groups is 4. The van der Waals surface area contributed by atoms with Crippen molar-refractivity contribution in [1.29, 1.82) is 0 Å². The summed E-state index contributed by atoms with van der Waals surface area (Å²) in [5, 5.41) is 71.8. The Hall–Kier alpha value is -2.96. The number of ketones is 1. The number of rotatable bonds is 6. The fourth-order valence-corrected chi connectivity index (χ4v) is 4.17. The van der Waals surface area contributed by atoms with Crippen LogP contribution in [0.25, 0.3) is 10.8 Å². The smallest absolute Gasteiger partial charge is 0.335 e. The number of ether oxygens (including phenoxy) is 2. The topological polar surface area (TPSA) is 194 Å². The molecule has 1 saturated heterocycles. The first kappa shape index (κ1) is 24.7. The van der Waals surface area contributed by atoms with Crippen molar-refractivity contribution >= 4 is 22.5 Å². The molecular weight excluding hydrogens is 440 g/mol. The van der Waals surface area contributed by atoms with E-state index < -0.39 is 60.1 Å². The number of carboxylic acid groups (broad SMARTS) is 1. The number of carbonyl (C=O) groups excluding carboxylic acids is 1. The number of fused-ring (bicyclic) bond motifs is 1. The van der Waals surface area contributed by atoms with Gasteiger partial charge in [0, 0.05) is 10.9 Å². The molecule has 0 saturated carbocycles. The summed E-state index contributed by atoms with van der Waals surface area (Å²) in [4.78, 5) is 23.7. The SMILES string of the molecule is CCC1(O)C(CO)OC(Oc2cc(C(=O)O)cc3c(O)c(C)c(C(C)=O)c(O)c23)C(O)C1O. The van der Waals surface area contributed by atoms with E-state index >= 15 is 0 Å². The number of aromatic carboxylic acids is 1. The molecule has 0 aromatic heterocycles. The van der Waals surface area contributed by atoms with Gasteiger partial charge in [-0.2, -0.15) is 0 Å². The second kappa shape index (κ2) is 8.76. The number of carbonyl (C=O) groups is 2. The minimum atomic E-state index is -1.99. The lowest BCUT2D eigenvalue weighted by atomic mass is 9.82. The summed E-state index contributed by atoms with van der Waals surface area (Å²) in [5.41, 5.74) is -2.53. The molecule has 180 valence electrons. The Kier molecular flexibility index (Phi) is 6.55. The number of phenolic OH excluding ortho intramolecular Hbond substituents is 2. The predicted molar refractivity (Wildman–Crippen MR) is 113 cm³/mol. The third-order valence-corrected chi connectivity index (χ3v) is 6.11. The van der Waals surface area contributed by atoms with Crippen LogP contribution in [0.4, 0.5) is 0 Å². The maximum absolute atomic E-state index is 12.1. The van der Waals surface area contributed by atoms with Crippen LogP contribution in [0, 0.1) is 6.92 Å². The van der Waals surface area contributed by atoms with E-state index in [2.05, 4.69) is 0 Å². The number of hydrogen-bond donors (Lipinski definition) is 7. The van der Waals surface area contributed by atoms with E-state index in [4.69, 9.17) is 9.47 Å². The summed E-state index contributed by atoms with van der Waals surface area (Å²) < 4.78 is 11.1. The van der Waals surface area contributed by atoms with Crippen LogP contribution >= 0.6 is 0 Å². The molecule has 1 fully saturated rings. The first-order valence-corrected chi connectivity index (χ1v) is 10.2. The fourth-order valence-electron chi connectivity index (χ4n) is 4.17. The van der Waals surface area contributed by atoms with Crippen molar-refractivity contribution < 1.29 is 54.8 Å². The number of hydrogen-bond acceptors (Lipinski definition) is 10. The number of aromatic hydroxyl groups is 2. The lowest BCUT2D eigenvalue weighted by Crippen LogP contribution is -2.67. The minimum absolute atomic E-state index is 0.0266. The van der Waals surface area contributed by atoms with Crippen LogP contribution in [0.5, 0.6) is 17.2 Å². The van der Waals surface area contributed by atoms with Crippen molar-refractivity contribution in [1.82, 2.24) is 0 Å². The summed E-state index contributed by atoms with van der Waals surface area (Å²) in [5.74, 6) is -3.40. The summed E-state index contributed by atoms with van der Waals surface area (Å²) in [6, 6.07) is 2.07. The highest BCUT2D eigenvalue weighted by Gasteiger charge is 2.54. The lowest BCUT2D eigenvalue weighted by molar-refractivity contribution is -0.313. The van der Waals surface area contributed by atoms with Gasteiger partial charge >= 0.3 is 5.97 Å². The van der Waals surface area contributed by atoms with Crippen LogP contribution < -0.4 is 4.74 Å². The Morgan fingerprint density at radius 1 is 1.18 bits per heavy atom. The van der Waals surface area contributed by atoms with Crippen molar-refractivity contribution in [2.24, 2.45) is 0 Å². The van der Waals surface area contributed by atoms with Gasteiger partial charge < -0.3 is 45.2 Å². The van der Waals surface area contributed by atoms with Gasteiger partial charge in [-0.05, 0) is 32.4 Å². The summed E-state index contributed by atoms with van der Waals surface area (Å²) in [6.07, 6.45) is -6.79. The second-order valence-electron chi connectivity index (χ2n) is 8.03. The van der Waals surface area contributed by atoms with E-state index in [0.29, 0.717) is 0 Å². The number of phenols is 2. The van der Waals surface area contributed by atoms with Crippen molar-refractivity contribution in [3.8, 4) is 17.2 Å². The number of Topliss-reactive ketones (excluding diaryl/α,β-unsaturated/α-hetero) is 1. The Labute approximate surface area is 188 Å². The van der Waals surface area contributed by atoms with Gasteiger partial charge in [0.05, 0.1) is 23.1 Å². The minimum Gasteiger partial charge on any atom is -0.507 e. The van der Waals surface area contributed by atoms with Crippen LogP contribution in [-0.2, 0) is 4.74 Å². The Morgan fingerprint density at radius 2 is 1.82 bits per heavy atom. The van der Waals surface area contributed by atoms with Crippen molar-refractivity contribution in [2.75, 3.05) is 6.61 Å². The van der Waals surface area contributed by atoms with Crippen LogP contribution in [0.3, 0.4) is 0 Å². The maximum atomic E-state index is 12.1. The molecule has 0 spiro atoms. The zero-order valence-electron chi connectivity index (χ0n) is 18.1. The van der Waals surface area contributed by atoms with Crippen LogP contribution in [-0.4, -0.2) is 84.3 Å². The first-order valence-electron chi connectivity index (χ1n) is 10.2. The fraction of sp³-hybridized carbons (Fsp3) is 0.455. The number of aliphatic hydroxyl groups excluding tert-OH is 3. The number of benzene rings is 2. The van der Waals surface area contributed by atoms with Gasteiger partial charge in [-0.1, -0.05) is 6.92 Å². The Balaban J connectivity index is 2.22. The molecule has 5 unspecified atom stereocenters. The van der Waals surface area contributed by atoms with Gasteiger partial charge in [0.15, 0.2) is 5.78 Å². The standard InChI is InChI=1S/C22H26O11/c1-4-22(31)13(7-23)33-21(18(27)19(22)28)32-12-6-10(20(29)30)5-11-15(12)17(26)14(9(3)24)8(2)16(11)25/h5-6,13,18-19,21,23,25-28,31H,4,7H2,1-3H3,(H,29,30). The van der Waals surface area contributed by atoms with Crippen LogP contribution in [0.1, 0.15) is 46.5 Å². The summed E-state index contributed by atoms with van der Waals surface area (Å²) in [7, 11) is 0. The van der Waals surface area contributed by atoms with Crippen molar-refractivity contribution in [3.05, 3.63) is 28.8 Å². The molecule has 0 aliphatic carbocycles. The highest BCUT2D eigenvalue weighted by atomic mass is 16.7. The zero-order valence-corrected chi connectivity index (χ0v) is 18.1. The number of carboxylic acids is 1. The van der Waals surface area contributed by atoms with Gasteiger partial charge in [-0.3, -0.25) is 4.79 Å². The van der Waals surface area contributed by atoms with Crippen molar-refractivity contribution in [3.63, 3.8) is 0 Å². The molecule has 1 aliphatic rings. The summed E-state index contributed by atoms with van der Waals surface area (Å²) >= 11 is 0. The van der Waals surface area contributed by atoms with E-state index in [-0.39, 0.29) is 39.6 Å². The average Bonchev–Trinajstić information content (AvgIpc) is 2.77. The first-order chi connectivity index (χ1) is 15.4. The van der Waals surface area contributed by atoms with Crippen LogP contribution in [0.15, 0.2) is 12.1 Å². The molecular formula is C22H26O11. The predicted octanol–water partition coefficient (Wildman–Crippen LogP) is 0.419. The molecule has 1 heterocycles. The lowest BCUT2D eigenvalue weighted by Gasteiger charge is -2.47. The average molecular weight is 466 g/mol. The Bertz CT molecular complexity index is 1110. The van der Waals surface area contributed by atoms with Crippen LogP contribution in [0.2, 0.25) is 0 Å². The molecule has 0 amide bonds. The normalized spacial score (nSPS) is 27.5. The third kappa shape index (κ3) is 3.87. The Morgan fingerprint density at radius 3 is 2.33 bits per heavy atom. The molecule has 7 N–H and O–H groups in total. The van der Waals surface area contributed by atoms with E-state index in [0.717, 1.165) is 12.1 Å². The molecule has 1 aliphatic heterocycles. The third-order valence-electron chi connectivity index (χ3n) is 6.11. The summed E-state index contributed by atoms with van der Waals surface area (Å²) in [6.45, 7) is 3.32. The highest BCUT2D eigenvalue weighted by Crippen LogP contribution is 2.45. The molecule has 11 heteroatoms.